The fourth-order valence-corrected chi connectivity index (χ4v) is 2.56. The number of hydrogen-bond acceptors (Lipinski definition) is 3. The van der Waals surface area contributed by atoms with Crippen LogP contribution in [0.15, 0.2) is 24.3 Å². The van der Waals surface area contributed by atoms with Crippen molar-refractivity contribution in [3.8, 4) is 5.75 Å². The lowest BCUT2D eigenvalue weighted by molar-refractivity contribution is 0.0944. The van der Waals surface area contributed by atoms with E-state index >= 15 is 0 Å². The summed E-state index contributed by atoms with van der Waals surface area (Å²) in [7, 11) is 0. The quantitative estimate of drug-likeness (QED) is 0.811. The highest BCUT2D eigenvalue weighted by molar-refractivity contribution is 5.22. The van der Waals surface area contributed by atoms with E-state index < -0.39 is 6.10 Å². The van der Waals surface area contributed by atoms with Crippen LogP contribution in [0.1, 0.15) is 41.0 Å². The standard InChI is InChI=1S/C17H28FNO2/c1-16(2,3)12-17(4,5)19-10-14(20)11-21-15-8-6-13(18)7-9-15/h6-9,14,19-20H,10-12H2,1-5H3/t14-/m1/s1. The van der Waals surface area contributed by atoms with Gasteiger partial charge in [-0.15, -0.1) is 0 Å². The van der Waals surface area contributed by atoms with Crippen LogP contribution in [0.5, 0.6) is 5.75 Å². The molecule has 0 amide bonds. The number of aliphatic hydroxyl groups excluding tert-OH is 1. The lowest BCUT2D eigenvalue weighted by Crippen LogP contribution is -2.46. The van der Waals surface area contributed by atoms with Crippen LogP contribution in [-0.2, 0) is 0 Å². The number of benzene rings is 1. The van der Waals surface area contributed by atoms with E-state index in [-0.39, 0.29) is 23.4 Å². The van der Waals surface area contributed by atoms with E-state index in [0.717, 1.165) is 6.42 Å². The topological polar surface area (TPSA) is 41.5 Å². The molecule has 0 fully saturated rings. The minimum absolute atomic E-state index is 0.0465. The second-order valence-electron chi connectivity index (χ2n) is 7.42. The van der Waals surface area contributed by atoms with Crippen molar-refractivity contribution < 1.29 is 14.2 Å². The largest absolute Gasteiger partial charge is 0.491 e. The Labute approximate surface area is 127 Å². The van der Waals surface area contributed by atoms with Crippen molar-refractivity contribution in [3.63, 3.8) is 0 Å². The van der Waals surface area contributed by atoms with Gasteiger partial charge < -0.3 is 15.2 Å². The number of aliphatic hydroxyl groups is 1. The monoisotopic (exact) mass is 297 g/mol. The van der Waals surface area contributed by atoms with Gasteiger partial charge in [0.25, 0.3) is 0 Å². The van der Waals surface area contributed by atoms with Crippen LogP contribution in [-0.4, -0.2) is 29.9 Å². The Morgan fingerprint density at radius 2 is 1.71 bits per heavy atom. The molecule has 21 heavy (non-hydrogen) atoms. The summed E-state index contributed by atoms with van der Waals surface area (Å²) in [5.41, 5.74) is 0.182. The molecule has 0 aliphatic rings. The molecule has 120 valence electrons. The Morgan fingerprint density at radius 1 is 1.14 bits per heavy atom. The lowest BCUT2D eigenvalue weighted by Gasteiger charge is -2.34. The Balaban J connectivity index is 2.33. The van der Waals surface area contributed by atoms with E-state index in [0.29, 0.717) is 12.3 Å². The molecular formula is C17H28FNO2. The maximum Gasteiger partial charge on any atom is 0.123 e. The highest BCUT2D eigenvalue weighted by atomic mass is 19.1. The fraction of sp³-hybridized carbons (Fsp3) is 0.647. The van der Waals surface area contributed by atoms with Crippen LogP contribution >= 0.6 is 0 Å². The third-order valence-electron chi connectivity index (χ3n) is 3.04. The molecule has 1 rings (SSSR count). The van der Waals surface area contributed by atoms with Crippen molar-refractivity contribution in [2.24, 2.45) is 5.41 Å². The molecule has 1 aromatic rings. The molecule has 0 saturated carbocycles. The summed E-state index contributed by atoms with van der Waals surface area (Å²) in [5, 5.41) is 13.3. The molecule has 0 radical (unpaired) electrons. The van der Waals surface area contributed by atoms with Gasteiger partial charge in [-0.3, -0.25) is 0 Å². The van der Waals surface area contributed by atoms with Crippen molar-refractivity contribution in [2.45, 2.75) is 52.7 Å². The molecule has 2 N–H and O–H groups in total. The molecule has 4 heteroatoms. The van der Waals surface area contributed by atoms with Gasteiger partial charge in [0, 0.05) is 12.1 Å². The Hall–Kier alpha value is -1.13. The normalized spacial score (nSPS) is 14.0. The van der Waals surface area contributed by atoms with Crippen molar-refractivity contribution in [3.05, 3.63) is 30.1 Å². The summed E-state index contributed by atoms with van der Waals surface area (Å²) < 4.78 is 18.2. The van der Waals surface area contributed by atoms with E-state index in [1.807, 2.05) is 0 Å². The van der Waals surface area contributed by atoms with E-state index in [4.69, 9.17) is 4.74 Å². The second-order valence-corrected chi connectivity index (χ2v) is 7.42. The van der Waals surface area contributed by atoms with Gasteiger partial charge in [0.2, 0.25) is 0 Å². The molecule has 0 saturated heterocycles. The van der Waals surface area contributed by atoms with Gasteiger partial charge >= 0.3 is 0 Å². The summed E-state index contributed by atoms with van der Waals surface area (Å²) in [5.74, 6) is 0.262. The molecule has 0 bridgehead atoms. The first-order chi connectivity index (χ1) is 9.57. The number of nitrogens with one attached hydrogen (secondary N) is 1. The van der Waals surface area contributed by atoms with Crippen LogP contribution in [0.3, 0.4) is 0 Å². The molecule has 0 spiro atoms. The zero-order chi connectivity index (χ0) is 16.1. The molecular weight excluding hydrogens is 269 g/mol. The number of ether oxygens (including phenoxy) is 1. The van der Waals surface area contributed by atoms with Crippen molar-refractivity contribution in [1.82, 2.24) is 5.32 Å². The third-order valence-corrected chi connectivity index (χ3v) is 3.04. The highest BCUT2D eigenvalue weighted by Crippen LogP contribution is 2.26. The van der Waals surface area contributed by atoms with Gasteiger partial charge in [-0.25, -0.2) is 4.39 Å². The molecule has 3 nitrogen and oxygen atoms in total. The minimum atomic E-state index is -0.603. The van der Waals surface area contributed by atoms with Crippen LogP contribution < -0.4 is 10.1 Å². The lowest BCUT2D eigenvalue weighted by atomic mass is 9.82. The minimum Gasteiger partial charge on any atom is -0.491 e. The molecule has 1 atom stereocenters. The fourth-order valence-electron chi connectivity index (χ4n) is 2.56. The predicted molar refractivity (Wildman–Crippen MR) is 84.1 cm³/mol. The van der Waals surface area contributed by atoms with Gasteiger partial charge in [-0.2, -0.15) is 0 Å². The average molecular weight is 297 g/mol. The first-order valence-electron chi connectivity index (χ1n) is 7.39. The summed E-state index contributed by atoms with van der Waals surface area (Å²) in [4.78, 5) is 0. The van der Waals surface area contributed by atoms with E-state index in [1.54, 1.807) is 12.1 Å². The average Bonchev–Trinajstić information content (AvgIpc) is 2.33. The maximum absolute atomic E-state index is 12.8. The molecule has 0 aromatic heterocycles. The number of rotatable bonds is 7. The highest BCUT2D eigenvalue weighted by Gasteiger charge is 2.25. The van der Waals surface area contributed by atoms with Gasteiger partial charge in [-0.05, 0) is 49.9 Å². The van der Waals surface area contributed by atoms with Crippen LogP contribution in [0.25, 0.3) is 0 Å². The first-order valence-corrected chi connectivity index (χ1v) is 7.39. The smallest absolute Gasteiger partial charge is 0.123 e. The number of hydrogen-bond donors (Lipinski definition) is 2. The predicted octanol–water partition coefficient (Wildman–Crippen LogP) is 3.37. The van der Waals surface area contributed by atoms with E-state index in [9.17, 15) is 9.50 Å². The molecule has 1 aromatic carbocycles. The van der Waals surface area contributed by atoms with Crippen LogP contribution in [0, 0.1) is 11.2 Å². The summed E-state index contributed by atoms with van der Waals surface area (Å²) in [6.45, 7) is 11.5. The molecule has 0 unspecified atom stereocenters. The summed E-state index contributed by atoms with van der Waals surface area (Å²) >= 11 is 0. The number of β-amino-alcohol motifs (C(OH)–C–C–N with tert-alkyl or cyclic N) is 1. The maximum atomic E-state index is 12.8. The van der Waals surface area contributed by atoms with Crippen LogP contribution in [0.4, 0.5) is 4.39 Å². The van der Waals surface area contributed by atoms with Crippen molar-refractivity contribution in [1.29, 1.82) is 0 Å². The van der Waals surface area contributed by atoms with Crippen LogP contribution in [0.2, 0.25) is 0 Å². The summed E-state index contributed by atoms with van der Waals surface area (Å²) in [6.07, 6.45) is 0.403. The zero-order valence-corrected chi connectivity index (χ0v) is 13.7. The first kappa shape index (κ1) is 17.9. The van der Waals surface area contributed by atoms with Gasteiger partial charge in [0.15, 0.2) is 0 Å². The Kier molecular flexibility index (Phi) is 6.17. The van der Waals surface area contributed by atoms with Crippen molar-refractivity contribution >= 4 is 0 Å². The number of halogens is 1. The molecule has 0 aliphatic carbocycles. The Bertz CT molecular complexity index is 423. The van der Waals surface area contributed by atoms with Crippen molar-refractivity contribution in [2.75, 3.05) is 13.2 Å². The van der Waals surface area contributed by atoms with Gasteiger partial charge in [0.05, 0.1) is 0 Å². The third kappa shape index (κ3) is 8.02. The Morgan fingerprint density at radius 3 is 2.24 bits per heavy atom. The van der Waals surface area contributed by atoms with Gasteiger partial charge in [-0.1, -0.05) is 20.8 Å². The SMILES string of the molecule is CC(C)(C)CC(C)(C)NC[C@@H](O)COc1ccc(F)cc1. The molecule has 0 heterocycles. The molecule has 0 aliphatic heterocycles. The summed E-state index contributed by atoms with van der Waals surface area (Å²) in [6, 6.07) is 5.79. The van der Waals surface area contributed by atoms with Gasteiger partial charge in [0.1, 0.15) is 24.3 Å². The zero-order valence-electron chi connectivity index (χ0n) is 13.7. The van der Waals surface area contributed by atoms with E-state index in [2.05, 4.69) is 39.9 Å². The van der Waals surface area contributed by atoms with E-state index in [1.165, 1.54) is 12.1 Å². The second kappa shape index (κ2) is 7.23.